The van der Waals surface area contributed by atoms with Crippen molar-refractivity contribution in [2.45, 2.75) is 53.2 Å². The van der Waals surface area contributed by atoms with E-state index in [4.69, 9.17) is 4.74 Å². The summed E-state index contributed by atoms with van der Waals surface area (Å²) >= 11 is 0. The van der Waals surface area contributed by atoms with Crippen LogP contribution in [0, 0.1) is 11.8 Å². The number of hydrogen-bond acceptors (Lipinski definition) is 4. The summed E-state index contributed by atoms with van der Waals surface area (Å²) in [6, 6.07) is 0.496. The van der Waals surface area contributed by atoms with Crippen molar-refractivity contribution in [2.24, 2.45) is 16.8 Å². The number of aliphatic imine (C=N–C) groups is 1. The predicted molar refractivity (Wildman–Crippen MR) is 111 cm³/mol. The summed E-state index contributed by atoms with van der Waals surface area (Å²) in [4.78, 5) is 11.4. The van der Waals surface area contributed by atoms with Crippen molar-refractivity contribution in [2.75, 3.05) is 39.9 Å². The van der Waals surface area contributed by atoms with Gasteiger partial charge in [-0.25, -0.2) is 4.98 Å². The minimum absolute atomic E-state index is 0.496. The predicted octanol–water partition coefficient (Wildman–Crippen LogP) is 1.95. The molecule has 1 unspecified atom stereocenters. The molecule has 0 amide bonds. The fraction of sp³-hybridized carbons (Fsp3) is 0.800. The van der Waals surface area contributed by atoms with Crippen molar-refractivity contribution in [3.8, 4) is 0 Å². The first-order valence-electron chi connectivity index (χ1n) is 10.3. The second kappa shape index (κ2) is 11.3. The molecule has 1 aromatic heterocycles. The van der Waals surface area contributed by atoms with Crippen molar-refractivity contribution in [3.63, 3.8) is 0 Å². The molecule has 0 saturated carbocycles. The van der Waals surface area contributed by atoms with Gasteiger partial charge in [0.05, 0.1) is 19.8 Å². The van der Waals surface area contributed by atoms with Gasteiger partial charge in [0.1, 0.15) is 5.82 Å². The molecule has 0 aliphatic carbocycles. The molecule has 2 rings (SSSR count). The number of guanidine groups is 1. The van der Waals surface area contributed by atoms with E-state index in [1.54, 1.807) is 0 Å². The molecule has 1 fully saturated rings. The lowest BCUT2D eigenvalue weighted by atomic mass is 10.0. The Balaban J connectivity index is 1.86. The third-order valence-corrected chi connectivity index (χ3v) is 4.81. The average Bonchev–Trinajstić information content (AvgIpc) is 3.07. The summed E-state index contributed by atoms with van der Waals surface area (Å²) in [6.07, 6.45) is 5.08. The summed E-state index contributed by atoms with van der Waals surface area (Å²) in [5.74, 6) is 3.13. The molecule has 1 aromatic rings. The molecular formula is C20H38N6O. The molecule has 0 bridgehead atoms. The first-order chi connectivity index (χ1) is 13.0. The Labute approximate surface area is 164 Å². The van der Waals surface area contributed by atoms with E-state index in [2.05, 4.69) is 57.8 Å². The van der Waals surface area contributed by atoms with Gasteiger partial charge in [-0.05, 0) is 18.3 Å². The van der Waals surface area contributed by atoms with Crippen LogP contribution in [0.15, 0.2) is 17.4 Å². The molecule has 0 radical (unpaired) electrons. The lowest BCUT2D eigenvalue weighted by Gasteiger charge is -2.35. The molecular weight excluding hydrogens is 340 g/mol. The number of ether oxygens (including phenoxy) is 1. The molecule has 2 heterocycles. The minimum atomic E-state index is 0.496. The van der Waals surface area contributed by atoms with Crippen LogP contribution in [0.5, 0.6) is 0 Å². The van der Waals surface area contributed by atoms with Gasteiger partial charge in [0.2, 0.25) is 0 Å². The molecule has 1 aliphatic heterocycles. The highest BCUT2D eigenvalue weighted by Crippen LogP contribution is 2.13. The van der Waals surface area contributed by atoms with Crippen LogP contribution in [0.25, 0.3) is 0 Å². The Morgan fingerprint density at radius 2 is 1.93 bits per heavy atom. The molecule has 1 saturated heterocycles. The SMILES string of the molecule is CN=C(NCc1nccn1CC(C)C)NCC(CC(C)C)N1CCOCC1. The van der Waals surface area contributed by atoms with Crippen LogP contribution >= 0.6 is 0 Å². The van der Waals surface area contributed by atoms with Crippen LogP contribution in [0.4, 0.5) is 0 Å². The number of imidazole rings is 1. The first-order valence-corrected chi connectivity index (χ1v) is 10.3. The monoisotopic (exact) mass is 378 g/mol. The van der Waals surface area contributed by atoms with E-state index in [0.717, 1.165) is 51.2 Å². The topological polar surface area (TPSA) is 66.7 Å². The van der Waals surface area contributed by atoms with Gasteiger partial charge in [-0.3, -0.25) is 9.89 Å². The zero-order valence-corrected chi connectivity index (χ0v) is 17.7. The third kappa shape index (κ3) is 7.50. The highest BCUT2D eigenvalue weighted by atomic mass is 16.5. The summed E-state index contributed by atoms with van der Waals surface area (Å²) in [5.41, 5.74) is 0. The van der Waals surface area contributed by atoms with Gasteiger partial charge in [-0.1, -0.05) is 27.7 Å². The summed E-state index contributed by atoms with van der Waals surface area (Å²) in [7, 11) is 1.82. The molecule has 154 valence electrons. The van der Waals surface area contributed by atoms with Crippen molar-refractivity contribution < 1.29 is 4.74 Å². The Morgan fingerprint density at radius 1 is 1.19 bits per heavy atom. The number of nitrogens with one attached hydrogen (secondary N) is 2. The quantitative estimate of drug-likeness (QED) is 0.508. The number of hydrogen-bond donors (Lipinski definition) is 2. The van der Waals surface area contributed by atoms with Gasteiger partial charge in [0.15, 0.2) is 5.96 Å². The number of morpholine rings is 1. The Bertz CT molecular complexity index is 563. The van der Waals surface area contributed by atoms with Crippen LogP contribution in [0.2, 0.25) is 0 Å². The van der Waals surface area contributed by atoms with Crippen LogP contribution in [0.1, 0.15) is 39.9 Å². The number of aromatic nitrogens is 2. The van der Waals surface area contributed by atoms with Crippen molar-refractivity contribution >= 4 is 5.96 Å². The van der Waals surface area contributed by atoms with E-state index in [0.29, 0.717) is 24.4 Å². The highest BCUT2D eigenvalue weighted by molar-refractivity contribution is 5.79. The highest BCUT2D eigenvalue weighted by Gasteiger charge is 2.22. The molecule has 1 atom stereocenters. The van der Waals surface area contributed by atoms with Crippen molar-refractivity contribution in [1.82, 2.24) is 25.1 Å². The fourth-order valence-corrected chi connectivity index (χ4v) is 3.51. The second-order valence-corrected chi connectivity index (χ2v) is 8.13. The third-order valence-electron chi connectivity index (χ3n) is 4.81. The summed E-state index contributed by atoms with van der Waals surface area (Å²) in [5, 5.41) is 6.92. The molecule has 7 nitrogen and oxygen atoms in total. The van der Waals surface area contributed by atoms with Crippen molar-refractivity contribution in [1.29, 1.82) is 0 Å². The van der Waals surface area contributed by atoms with E-state index >= 15 is 0 Å². The Hall–Kier alpha value is -1.60. The number of nitrogens with zero attached hydrogens (tertiary/aromatic N) is 4. The molecule has 27 heavy (non-hydrogen) atoms. The maximum absolute atomic E-state index is 5.51. The molecule has 0 spiro atoms. The zero-order chi connectivity index (χ0) is 19.6. The maximum atomic E-state index is 5.51. The lowest BCUT2D eigenvalue weighted by molar-refractivity contribution is 0.0132. The van der Waals surface area contributed by atoms with Gasteiger partial charge < -0.3 is 19.9 Å². The maximum Gasteiger partial charge on any atom is 0.191 e. The first kappa shape index (κ1) is 21.7. The van der Waals surface area contributed by atoms with Gasteiger partial charge in [0.25, 0.3) is 0 Å². The van der Waals surface area contributed by atoms with Crippen LogP contribution in [-0.4, -0.2) is 66.3 Å². The van der Waals surface area contributed by atoms with Gasteiger partial charge >= 0.3 is 0 Å². The second-order valence-electron chi connectivity index (χ2n) is 8.13. The normalized spacial score (nSPS) is 17.5. The van der Waals surface area contributed by atoms with Gasteiger partial charge in [-0.15, -0.1) is 0 Å². The standard InChI is InChI=1S/C20H38N6O/c1-16(2)12-18(25-8-10-27-11-9-25)13-23-20(21-5)24-14-19-22-6-7-26(19)15-17(3)4/h6-7,16-18H,8-15H2,1-5H3,(H2,21,23,24). The average molecular weight is 379 g/mol. The van der Waals surface area contributed by atoms with E-state index in [1.165, 1.54) is 6.42 Å². The zero-order valence-electron chi connectivity index (χ0n) is 17.7. The van der Waals surface area contributed by atoms with E-state index in [9.17, 15) is 0 Å². The van der Waals surface area contributed by atoms with Gasteiger partial charge in [-0.2, -0.15) is 0 Å². The molecule has 7 heteroatoms. The lowest BCUT2D eigenvalue weighted by Crippen LogP contribution is -2.51. The number of rotatable bonds is 9. The largest absolute Gasteiger partial charge is 0.379 e. The summed E-state index contributed by atoms with van der Waals surface area (Å²) in [6.45, 7) is 15.2. The van der Waals surface area contributed by atoms with E-state index in [-0.39, 0.29) is 0 Å². The van der Waals surface area contributed by atoms with Crippen molar-refractivity contribution in [3.05, 3.63) is 18.2 Å². The Kier molecular flexibility index (Phi) is 9.07. The molecule has 2 N–H and O–H groups in total. The minimum Gasteiger partial charge on any atom is -0.379 e. The van der Waals surface area contributed by atoms with Crippen LogP contribution < -0.4 is 10.6 Å². The molecule has 0 aromatic carbocycles. The summed E-state index contributed by atoms with van der Waals surface area (Å²) < 4.78 is 7.72. The smallest absolute Gasteiger partial charge is 0.191 e. The molecule has 1 aliphatic rings. The van der Waals surface area contributed by atoms with E-state index < -0.39 is 0 Å². The van der Waals surface area contributed by atoms with E-state index in [1.807, 2.05) is 19.4 Å². The van der Waals surface area contributed by atoms with Crippen LogP contribution in [0.3, 0.4) is 0 Å². The fourth-order valence-electron chi connectivity index (χ4n) is 3.51. The Morgan fingerprint density at radius 3 is 2.56 bits per heavy atom. The van der Waals surface area contributed by atoms with Gasteiger partial charge in [0, 0.05) is 51.7 Å². The van der Waals surface area contributed by atoms with Crippen LogP contribution in [-0.2, 0) is 17.8 Å².